The molecule has 2 N–H and O–H groups in total. The molecular weight excluding hydrogens is 320 g/mol. The third-order valence-corrected chi connectivity index (χ3v) is 4.44. The molecule has 3 aromatic rings. The first-order valence-electron chi connectivity index (χ1n) is 8.15. The fourth-order valence-electron chi connectivity index (χ4n) is 3.04. The monoisotopic (exact) mass is 338 g/mol. The van der Waals surface area contributed by atoms with Crippen molar-refractivity contribution in [1.82, 2.24) is 14.5 Å². The van der Waals surface area contributed by atoms with E-state index >= 15 is 0 Å². The zero-order chi connectivity index (χ0) is 17.4. The van der Waals surface area contributed by atoms with Crippen LogP contribution in [0.4, 0.5) is 5.82 Å². The number of amides is 1. The molecule has 0 unspecified atom stereocenters. The van der Waals surface area contributed by atoms with Crippen molar-refractivity contribution in [3.63, 3.8) is 0 Å². The molecule has 3 heterocycles. The van der Waals surface area contributed by atoms with E-state index in [9.17, 15) is 9.90 Å². The predicted molar refractivity (Wildman–Crippen MR) is 92.1 cm³/mol. The lowest BCUT2D eigenvalue weighted by atomic mass is 10.2. The second-order valence-electron chi connectivity index (χ2n) is 6.10. The number of hydrogen-bond donors (Lipinski definition) is 2. The Bertz CT molecular complexity index is 899. The van der Waals surface area contributed by atoms with Crippen LogP contribution in [-0.4, -0.2) is 37.8 Å². The van der Waals surface area contributed by atoms with Gasteiger partial charge in [0.25, 0.3) is 5.91 Å². The average molecular weight is 338 g/mol. The molecule has 0 radical (unpaired) electrons. The Hall–Kier alpha value is -2.77. The number of hydrogen-bond acceptors (Lipinski definition) is 5. The fourth-order valence-corrected chi connectivity index (χ4v) is 3.04. The van der Waals surface area contributed by atoms with E-state index in [4.69, 9.17) is 4.74 Å². The van der Waals surface area contributed by atoms with Crippen molar-refractivity contribution in [3.8, 4) is 0 Å². The highest BCUT2D eigenvalue weighted by Gasteiger charge is 2.32. The van der Waals surface area contributed by atoms with E-state index in [-0.39, 0.29) is 18.2 Å². The number of rotatable bonds is 3. The van der Waals surface area contributed by atoms with Gasteiger partial charge in [0.2, 0.25) is 0 Å². The van der Waals surface area contributed by atoms with Gasteiger partial charge < -0.3 is 19.7 Å². The van der Waals surface area contributed by atoms with Crippen molar-refractivity contribution in [2.24, 2.45) is 0 Å². The average Bonchev–Trinajstić information content (AvgIpc) is 3.20. The first-order chi connectivity index (χ1) is 12.1. The van der Waals surface area contributed by atoms with E-state index in [1.807, 2.05) is 42.0 Å². The van der Waals surface area contributed by atoms with Crippen molar-refractivity contribution >= 4 is 22.8 Å². The number of benzene rings is 1. The van der Waals surface area contributed by atoms with Crippen molar-refractivity contribution in [1.29, 1.82) is 0 Å². The van der Waals surface area contributed by atoms with Crippen molar-refractivity contribution in [3.05, 3.63) is 54.5 Å². The molecule has 1 saturated heterocycles. The van der Waals surface area contributed by atoms with Crippen LogP contribution >= 0.6 is 0 Å². The van der Waals surface area contributed by atoms with Gasteiger partial charge in [-0.15, -0.1) is 0 Å². The van der Waals surface area contributed by atoms with Gasteiger partial charge in [-0.05, 0) is 25.1 Å². The Morgan fingerprint density at radius 1 is 1.28 bits per heavy atom. The van der Waals surface area contributed by atoms with Crippen LogP contribution in [0.25, 0.3) is 11.0 Å². The number of nitrogens with one attached hydrogen (secondary N) is 1. The summed E-state index contributed by atoms with van der Waals surface area (Å²) in [5, 5.41) is 13.5. The highest BCUT2D eigenvalue weighted by Crippen LogP contribution is 2.32. The quantitative estimate of drug-likeness (QED) is 0.765. The molecule has 1 fully saturated rings. The maximum atomic E-state index is 12.4. The summed E-state index contributed by atoms with van der Waals surface area (Å²) in [6.45, 7) is 1.84. The maximum Gasteiger partial charge on any atom is 0.256 e. The molecule has 3 atom stereocenters. The lowest BCUT2D eigenvalue weighted by Gasteiger charge is -2.13. The Labute approximate surface area is 144 Å². The summed E-state index contributed by atoms with van der Waals surface area (Å²) in [5.74, 6) is 0.221. The summed E-state index contributed by atoms with van der Waals surface area (Å²) in [7, 11) is 0. The Morgan fingerprint density at radius 3 is 2.80 bits per heavy atom. The molecule has 7 heteroatoms. The summed E-state index contributed by atoms with van der Waals surface area (Å²) in [4.78, 5) is 20.9. The summed E-state index contributed by atoms with van der Waals surface area (Å²) in [6.07, 6.45) is 2.75. The van der Waals surface area contributed by atoms with Crippen LogP contribution in [0, 0.1) is 0 Å². The highest BCUT2D eigenvalue weighted by atomic mass is 16.5. The van der Waals surface area contributed by atoms with Crippen LogP contribution in [-0.2, 0) is 4.74 Å². The Balaban J connectivity index is 1.64. The van der Waals surface area contributed by atoms with Crippen molar-refractivity contribution < 1.29 is 14.6 Å². The lowest BCUT2D eigenvalue weighted by molar-refractivity contribution is -0.00608. The summed E-state index contributed by atoms with van der Waals surface area (Å²) >= 11 is 0. The van der Waals surface area contributed by atoms with Gasteiger partial charge in [-0.1, -0.05) is 18.2 Å². The van der Waals surface area contributed by atoms with E-state index in [0.717, 1.165) is 5.39 Å². The minimum atomic E-state index is -0.499. The molecule has 1 aromatic carbocycles. The molecule has 2 aromatic heterocycles. The van der Waals surface area contributed by atoms with Gasteiger partial charge in [0.05, 0.1) is 17.6 Å². The molecule has 0 spiro atoms. The van der Waals surface area contributed by atoms with Crippen LogP contribution in [0.2, 0.25) is 0 Å². The number of carbonyl (C=O) groups excluding carboxylic acids is 1. The lowest BCUT2D eigenvalue weighted by Crippen LogP contribution is -2.15. The molecule has 0 bridgehead atoms. The number of aliphatic hydroxyl groups excluding tert-OH is 1. The zero-order valence-corrected chi connectivity index (χ0v) is 13.7. The number of nitrogens with zero attached hydrogens (tertiary/aromatic N) is 3. The SMILES string of the molecule is C[C@H]1O[C@@H](n2ccc3c(NC(=O)c4ccccc4)ncnc32)C[C@@H]1O. The van der Waals surface area contributed by atoms with E-state index in [0.29, 0.717) is 23.4 Å². The van der Waals surface area contributed by atoms with Gasteiger partial charge in [-0.3, -0.25) is 4.79 Å². The highest BCUT2D eigenvalue weighted by molar-refractivity contribution is 6.07. The number of ether oxygens (including phenoxy) is 1. The molecule has 128 valence electrons. The third kappa shape index (κ3) is 2.88. The van der Waals surface area contributed by atoms with Crippen molar-refractivity contribution in [2.45, 2.75) is 31.8 Å². The largest absolute Gasteiger partial charge is 0.390 e. The van der Waals surface area contributed by atoms with Crippen LogP contribution in [0.3, 0.4) is 0 Å². The molecule has 1 aliphatic rings. The van der Waals surface area contributed by atoms with Gasteiger partial charge in [-0.25, -0.2) is 9.97 Å². The van der Waals surface area contributed by atoms with Crippen LogP contribution in [0.15, 0.2) is 48.9 Å². The molecule has 7 nitrogen and oxygen atoms in total. The number of aromatic nitrogens is 3. The van der Waals surface area contributed by atoms with Gasteiger partial charge in [0.15, 0.2) is 0 Å². The summed E-state index contributed by atoms with van der Waals surface area (Å²) in [6, 6.07) is 10.8. The topological polar surface area (TPSA) is 89.3 Å². The standard InChI is InChI=1S/C18H18N4O3/c1-11-14(23)9-15(25-11)22-8-7-13-16(19-10-20-17(13)22)21-18(24)12-5-3-2-4-6-12/h2-8,10-11,14-15,23H,9H2,1H3,(H,19,20,21,24)/t11-,14+,15-/m1/s1. The van der Waals surface area contributed by atoms with E-state index in [2.05, 4.69) is 15.3 Å². The number of anilines is 1. The van der Waals surface area contributed by atoms with Crippen LogP contribution in [0.5, 0.6) is 0 Å². The summed E-state index contributed by atoms with van der Waals surface area (Å²) in [5.41, 5.74) is 1.22. The van der Waals surface area contributed by atoms with Gasteiger partial charge in [0, 0.05) is 18.2 Å². The second kappa shape index (κ2) is 6.27. The third-order valence-electron chi connectivity index (χ3n) is 4.44. The fraction of sp³-hybridized carbons (Fsp3) is 0.278. The Kier molecular flexibility index (Phi) is 3.95. The number of fused-ring (bicyclic) bond motifs is 1. The van der Waals surface area contributed by atoms with Crippen LogP contribution in [0.1, 0.15) is 29.9 Å². The molecule has 1 amide bonds. The molecule has 4 rings (SSSR count). The first-order valence-corrected chi connectivity index (χ1v) is 8.15. The molecular formula is C18H18N4O3. The number of aliphatic hydroxyl groups is 1. The second-order valence-corrected chi connectivity index (χ2v) is 6.10. The van der Waals surface area contributed by atoms with E-state index < -0.39 is 6.10 Å². The van der Waals surface area contributed by atoms with Gasteiger partial charge in [-0.2, -0.15) is 0 Å². The predicted octanol–water partition coefficient (Wildman–Crippen LogP) is 2.35. The Morgan fingerprint density at radius 2 is 2.08 bits per heavy atom. The van der Waals surface area contributed by atoms with E-state index in [1.165, 1.54) is 6.33 Å². The molecule has 0 aliphatic carbocycles. The van der Waals surface area contributed by atoms with E-state index in [1.54, 1.807) is 12.1 Å². The minimum absolute atomic E-state index is 0.221. The van der Waals surface area contributed by atoms with Crippen molar-refractivity contribution in [2.75, 3.05) is 5.32 Å². The zero-order valence-electron chi connectivity index (χ0n) is 13.7. The summed E-state index contributed by atoms with van der Waals surface area (Å²) < 4.78 is 7.64. The number of carbonyl (C=O) groups is 1. The van der Waals surface area contributed by atoms with Gasteiger partial charge in [0.1, 0.15) is 24.0 Å². The normalized spacial score (nSPS) is 23.0. The maximum absolute atomic E-state index is 12.4. The molecule has 25 heavy (non-hydrogen) atoms. The van der Waals surface area contributed by atoms with Gasteiger partial charge >= 0.3 is 0 Å². The molecule has 0 saturated carbocycles. The molecule has 1 aliphatic heterocycles. The minimum Gasteiger partial charge on any atom is -0.390 e. The smallest absolute Gasteiger partial charge is 0.256 e. The first kappa shape index (κ1) is 15.7. The van der Waals surface area contributed by atoms with Crippen LogP contribution < -0.4 is 5.32 Å².